The minimum absolute atomic E-state index is 0.143. The summed E-state index contributed by atoms with van der Waals surface area (Å²) < 4.78 is 5.91. The highest BCUT2D eigenvalue weighted by Crippen LogP contribution is 2.25. The fourth-order valence-corrected chi connectivity index (χ4v) is 4.57. The quantitative estimate of drug-likeness (QED) is 0.231. The average molecular weight is 502 g/mol. The van der Waals surface area contributed by atoms with Crippen LogP contribution in [0.15, 0.2) is 115 Å². The predicted molar refractivity (Wildman–Crippen MR) is 150 cm³/mol. The van der Waals surface area contributed by atoms with Gasteiger partial charge < -0.3 is 15.2 Å². The molecule has 1 amide bonds. The van der Waals surface area contributed by atoms with Gasteiger partial charge in [-0.1, -0.05) is 91.0 Å². The van der Waals surface area contributed by atoms with Gasteiger partial charge >= 0.3 is 5.97 Å². The Balaban J connectivity index is 1.42. The second-order valence-corrected chi connectivity index (χ2v) is 9.10. The molecule has 0 aliphatic rings. The monoisotopic (exact) mass is 501 g/mol. The Morgan fingerprint density at radius 2 is 1.42 bits per heavy atom. The lowest BCUT2D eigenvalue weighted by Gasteiger charge is -2.15. The van der Waals surface area contributed by atoms with Crippen molar-refractivity contribution in [2.45, 2.75) is 19.4 Å². The summed E-state index contributed by atoms with van der Waals surface area (Å²) in [5.74, 6) is -0.362. The van der Waals surface area contributed by atoms with Crippen molar-refractivity contribution < 1.29 is 19.4 Å². The zero-order valence-corrected chi connectivity index (χ0v) is 20.8. The topological polar surface area (TPSA) is 75.6 Å². The van der Waals surface area contributed by atoms with Crippen molar-refractivity contribution >= 4 is 28.3 Å². The Kier molecular flexibility index (Phi) is 7.46. The van der Waals surface area contributed by atoms with Gasteiger partial charge in [0, 0.05) is 12.1 Å². The Morgan fingerprint density at radius 1 is 0.711 bits per heavy atom. The molecule has 0 radical (unpaired) electrons. The number of amides is 1. The van der Waals surface area contributed by atoms with Crippen molar-refractivity contribution in [1.82, 2.24) is 0 Å². The van der Waals surface area contributed by atoms with Crippen LogP contribution in [0.25, 0.3) is 10.8 Å². The third kappa shape index (κ3) is 5.90. The van der Waals surface area contributed by atoms with E-state index in [1.54, 1.807) is 18.2 Å². The molecule has 5 aromatic carbocycles. The van der Waals surface area contributed by atoms with Crippen molar-refractivity contribution in [3.05, 3.63) is 143 Å². The first-order chi connectivity index (χ1) is 18.6. The van der Waals surface area contributed by atoms with E-state index in [0.717, 1.165) is 33.2 Å². The van der Waals surface area contributed by atoms with E-state index >= 15 is 0 Å². The van der Waals surface area contributed by atoms with Crippen LogP contribution in [0.1, 0.15) is 32.6 Å². The van der Waals surface area contributed by atoms with Gasteiger partial charge in [0.1, 0.15) is 12.4 Å². The SMILES string of the molecule is O=C(Cc1cccc2ccccc12)Nc1cc(COc2ccccc2)ccc1Cc1ccccc1C(=O)O. The highest BCUT2D eigenvalue weighted by molar-refractivity contribution is 5.97. The fraction of sp³-hybridized carbons (Fsp3) is 0.0909. The maximum absolute atomic E-state index is 13.3. The van der Waals surface area contributed by atoms with Crippen molar-refractivity contribution in [2.24, 2.45) is 0 Å². The first kappa shape index (κ1) is 24.8. The number of aromatic carboxylic acids is 1. The lowest BCUT2D eigenvalue weighted by atomic mass is 9.97. The third-order valence-corrected chi connectivity index (χ3v) is 6.46. The summed E-state index contributed by atoms with van der Waals surface area (Å²) >= 11 is 0. The van der Waals surface area contributed by atoms with E-state index < -0.39 is 5.97 Å². The summed E-state index contributed by atoms with van der Waals surface area (Å²) in [6.07, 6.45) is 0.587. The summed E-state index contributed by atoms with van der Waals surface area (Å²) in [6.45, 7) is 0.336. The number of carboxylic acids is 1. The molecule has 0 heterocycles. The molecule has 0 saturated heterocycles. The van der Waals surface area contributed by atoms with Gasteiger partial charge in [0.15, 0.2) is 0 Å². The summed E-state index contributed by atoms with van der Waals surface area (Å²) in [5, 5.41) is 14.9. The minimum Gasteiger partial charge on any atom is -0.489 e. The third-order valence-electron chi connectivity index (χ3n) is 6.46. The average Bonchev–Trinajstić information content (AvgIpc) is 2.94. The number of rotatable bonds is 9. The van der Waals surface area contributed by atoms with Gasteiger partial charge in [-0.2, -0.15) is 0 Å². The van der Waals surface area contributed by atoms with Crippen LogP contribution in [0.4, 0.5) is 5.69 Å². The van der Waals surface area contributed by atoms with Gasteiger partial charge in [0.05, 0.1) is 12.0 Å². The van der Waals surface area contributed by atoms with E-state index in [1.807, 2.05) is 97.1 Å². The zero-order valence-electron chi connectivity index (χ0n) is 20.8. The molecule has 5 aromatic rings. The second kappa shape index (κ2) is 11.4. The van der Waals surface area contributed by atoms with Crippen molar-refractivity contribution in [1.29, 1.82) is 0 Å². The van der Waals surface area contributed by atoms with Crippen LogP contribution < -0.4 is 10.1 Å². The molecule has 0 bridgehead atoms. The first-order valence-corrected chi connectivity index (χ1v) is 12.4. The number of carboxylic acid groups (broad SMARTS) is 1. The maximum atomic E-state index is 13.3. The molecule has 0 aliphatic heterocycles. The highest BCUT2D eigenvalue weighted by Gasteiger charge is 2.15. The number of ether oxygens (including phenoxy) is 1. The Bertz CT molecular complexity index is 1590. The zero-order chi connectivity index (χ0) is 26.3. The molecule has 0 fully saturated rings. The molecule has 38 heavy (non-hydrogen) atoms. The standard InChI is InChI=1S/C33H27NO4/c35-32(21-26-12-8-11-24-9-4-6-15-29(24)26)34-31-19-23(22-38-28-13-2-1-3-14-28)17-18-27(31)20-25-10-5-7-16-30(25)33(36)37/h1-19H,20-22H2,(H,34,35)(H,36,37). The van der Waals surface area contributed by atoms with Gasteiger partial charge in [-0.05, 0) is 57.3 Å². The van der Waals surface area contributed by atoms with Gasteiger partial charge in [0.2, 0.25) is 5.91 Å². The minimum atomic E-state index is -0.977. The molecular weight excluding hydrogens is 474 g/mol. The van der Waals surface area contributed by atoms with E-state index in [9.17, 15) is 14.7 Å². The Hall–Kier alpha value is -4.90. The van der Waals surface area contributed by atoms with Gasteiger partial charge in [-0.3, -0.25) is 4.79 Å². The molecule has 5 rings (SSSR count). The molecule has 5 heteroatoms. The van der Waals surface area contributed by atoms with Crippen LogP contribution in [0, 0.1) is 0 Å². The number of fused-ring (bicyclic) bond motifs is 1. The number of nitrogens with one attached hydrogen (secondary N) is 1. The molecule has 5 nitrogen and oxygen atoms in total. The molecule has 0 unspecified atom stereocenters. The number of carbonyl (C=O) groups excluding carboxylic acids is 1. The molecule has 188 valence electrons. The number of carbonyl (C=O) groups is 2. The highest BCUT2D eigenvalue weighted by atomic mass is 16.5. The van der Waals surface area contributed by atoms with E-state index in [0.29, 0.717) is 24.3 Å². The molecular formula is C33H27NO4. The molecule has 2 N–H and O–H groups in total. The smallest absolute Gasteiger partial charge is 0.335 e. The van der Waals surface area contributed by atoms with E-state index in [1.165, 1.54) is 0 Å². The molecule has 0 aromatic heterocycles. The number of hydrogen-bond acceptors (Lipinski definition) is 3. The predicted octanol–water partition coefficient (Wildman–Crippen LogP) is 6.89. The lowest BCUT2D eigenvalue weighted by Crippen LogP contribution is -2.16. The van der Waals surface area contributed by atoms with Crippen LogP contribution >= 0.6 is 0 Å². The van der Waals surface area contributed by atoms with Crippen LogP contribution in [-0.2, 0) is 24.2 Å². The van der Waals surface area contributed by atoms with Crippen LogP contribution in [0.3, 0.4) is 0 Å². The normalized spacial score (nSPS) is 10.7. The summed E-state index contributed by atoms with van der Waals surface area (Å²) in [7, 11) is 0. The first-order valence-electron chi connectivity index (χ1n) is 12.4. The molecule has 0 atom stereocenters. The summed E-state index contributed by atoms with van der Waals surface area (Å²) in [6, 6.07) is 36.2. The van der Waals surface area contributed by atoms with Crippen LogP contribution in [0.2, 0.25) is 0 Å². The number of para-hydroxylation sites is 1. The van der Waals surface area contributed by atoms with Crippen LogP contribution in [-0.4, -0.2) is 17.0 Å². The van der Waals surface area contributed by atoms with Gasteiger partial charge in [-0.15, -0.1) is 0 Å². The second-order valence-electron chi connectivity index (χ2n) is 9.10. The molecule has 0 saturated carbocycles. The number of anilines is 1. The maximum Gasteiger partial charge on any atom is 0.335 e. The van der Waals surface area contributed by atoms with Crippen molar-refractivity contribution in [3.63, 3.8) is 0 Å². The van der Waals surface area contributed by atoms with Gasteiger partial charge in [0.25, 0.3) is 0 Å². The summed E-state index contributed by atoms with van der Waals surface area (Å²) in [4.78, 5) is 25.0. The fourth-order valence-electron chi connectivity index (χ4n) is 4.57. The molecule has 0 spiro atoms. The lowest BCUT2D eigenvalue weighted by molar-refractivity contribution is -0.115. The summed E-state index contributed by atoms with van der Waals surface area (Å²) in [5.41, 5.74) is 4.24. The Morgan fingerprint density at radius 3 is 2.26 bits per heavy atom. The number of hydrogen-bond donors (Lipinski definition) is 2. The van der Waals surface area contributed by atoms with Gasteiger partial charge in [-0.25, -0.2) is 4.79 Å². The number of benzene rings is 5. The molecule has 0 aliphatic carbocycles. The van der Waals surface area contributed by atoms with Crippen LogP contribution in [0.5, 0.6) is 5.75 Å². The van der Waals surface area contributed by atoms with Crippen molar-refractivity contribution in [2.75, 3.05) is 5.32 Å². The van der Waals surface area contributed by atoms with E-state index in [2.05, 4.69) is 5.32 Å². The van der Waals surface area contributed by atoms with E-state index in [-0.39, 0.29) is 17.9 Å². The van der Waals surface area contributed by atoms with Crippen molar-refractivity contribution in [3.8, 4) is 5.75 Å². The Labute approximate surface area is 221 Å². The van der Waals surface area contributed by atoms with E-state index in [4.69, 9.17) is 4.74 Å². The largest absolute Gasteiger partial charge is 0.489 e.